The Hall–Kier alpha value is -1.32. The van der Waals surface area contributed by atoms with Crippen LogP contribution in [0, 0.1) is 0 Å². The maximum Gasteiger partial charge on any atom is 0.350 e. The fraction of sp³-hybridized carbons (Fsp3) is 0.600. The van der Waals surface area contributed by atoms with Crippen LogP contribution in [0.25, 0.3) is 0 Å². The summed E-state index contributed by atoms with van der Waals surface area (Å²) in [6, 6.07) is 0. The summed E-state index contributed by atoms with van der Waals surface area (Å²) in [6.07, 6.45) is 1.69. The van der Waals surface area contributed by atoms with Gasteiger partial charge in [-0.1, -0.05) is 19.6 Å². The molecule has 0 unspecified atom stereocenters. The molecule has 0 fully saturated rings. The quantitative estimate of drug-likeness (QED) is 0.498. The summed E-state index contributed by atoms with van der Waals surface area (Å²) >= 11 is 0. The van der Waals surface area contributed by atoms with E-state index in [4.69, 9.17) is 9.47 Å². The van der Waals surface area contributed by atoms with E-state index in [1.165, 1.54) is 19.9 Å². The van der Waals surface area contributed by atoms with Crippen molar-refractivity contribution in [1.82, 2.24) is 0 Å². The molecule has 0 aromatic rings. The first-order valence-corrected chi connectivity index (χ1v) is 4.44. The fourth-order valence-electron chi connectivity index (χ4n) is 0.707. The second kappa shape index (κ2) is 5.42. The molecule has 0 aliphatic carbocycles. The monoisotopic (exact) mass is 200 g/mol. The van der Waals surface area contributed by atoms with Crippen molar-refractivity contribution >= 4 is 11.9 Å². The average Bonchev–Trinajstić information content (AvgIpc) is 2.13. The minimum Gasteiger partial charge on any atom is -0.459 e. The second-order valence-corrected chi connectivity index (χ2v) is 3.23. The van der Waals surface area contributed by atoms with Crippen LogP contribution in [-0.2, 0) is 19.1 Å². The summed E-state index contributed by atoms with van der Waals surface area (Å²) in [4.78, 5) is 22.3. The molecule has 0 radical (unpaired) electrons. The number of hydrogen-bond donors (Lipinski definition) is 0. The summed E-state index contributed by atoms with van der Waals surface area (Å²) in [5, 5.41) is 0. The first kappa shape index (κ1) is 12.7. The Labute approximate surface area is 83.9 Å². The Morgan fingerprint density at radius 1 is 1.43 bits per heavy atom. The largest absolute Gasteiger partial charge is 0.459 e. The Kier molecular flexibility index (Phi) is 4.91. The van der Waals surface area contributed by atoms with Gasteiger partial charge in [0.25, 0.3) is 0 Å². The molecule has 0 saturated heterocycles. The third-order valence-corrected chi connectivity index (χ3v) is 1.48. The molecule has 0 amide bonds. The molecule has 0 bridgehead atoms. The molecule has 14 heavy (non-hydrogen) atoms. The number of carbonyl (C=O) groups excluding carboxylic acids is 2. The zero-order chi connectivity index (χ0) is 11.2. The molecular weight excluding hydrogens is 184 g/mol. The number of esters is 2. The van der Waals surface area contributed by atoms with Crippen LogP contribution >= 0.6 is 0 Å². The van der Waals surface area contributed by atoms with Gasteiger partial charge in [-0.25, -0.2) is 4.79 Å². The maximum atomic E-state index is 11.3. The summed E-state index contributed by atoms with van der Waals surface area (Å²) in [7, 11) is 0. The van der Waals surface area contributed by atoms with E-state index in [1.54, 1.807) is 6.92 Å². The summed E-state index contributed by atoms with van der Waals surface area (Å²) in [6.45, 7) is 8.17. The van der Waals surface area contributed by atoms with Gasteiger partial charge in [-0.15, -0.1) is 0 Å². The lowest BCUT2D eigenvalue weighted by atomic mass is 10.1. The molecule has 4 heteroatoms. The van der Waals surface area contributed by atoms with Crippen molar-refractivity contribution in [2.75, 3.05) is 6.61 Å². The fourth-order valence-corrected chi connectivity index (χ4v) is 0.707. The van der Waals surface area contributed by atoms with Gasteiger partial charge >= 0.3 is 11.9 Å². The third-order valence-electron chi connectivity index (χ3n) is 1.48. The average molecular weight is 200 g/mol. The van der Waals surface area contributed by atoms with Gasteiger partial charge in [0.05, 0.1) is 0 Å². The Balaban J connectivity index is 4.22. The van der Waals surface area contributed by atoms with Gasteiger partial charge in [0.1, 0.15) is 6.61 Å². The number of rotatable bonds is 5. The van der Waals surface area contributed by atoms with Gasteiger partial charge in [0.2, 0.25) is 5.60 Å². The lowest BCUT2D eigenvalue weighted by molar-refractivity contribution is -0.177. The number of ether oxygens (including phenoxy) is 2. The predicted molar refractivity (Wildman–Crippen MR) is 51.6 cm³/mol. The maximum absolute atomic E-state index is 11.3. The SMILES string of the molecule is C=CCOC(=O)C(C)(C)OC(=O)CC. The molecule has 0 aliphatic rings. The molecule has 4 nitrogen and oxygen atoms in total. The van der Waals surface area contributed by atoms with Gasteiger partial charge in [-0.05, 0) is 13.8 Å². The van der Waals surface area contributed by atoms with Crippen LogP contribution in [0.1, 0.15) is 27.2 Å². The van der Waals surface area contributed by atoms with Crippen LogP contribution in [0.2, 0.25) is 0 Å². The highest BCUT2D eigenvalue weighted by Gasteiger charge is 2.33. The summed E-state index contributed by atoms with van der Waals surface area (Å²) < 4.78 is 9.67. The van der Waals surface area contributed by atoms with Crippen molar-refractivity contribution in [1.29, 1.82) is 0 Å². The summed E-state index contributed by atoms with van der Waals surface area (Å²) in [5.41, 5.74) is -1.23. The van der Waals surface area contributed by atoms with Crippen molar-refractivity contribution < 1.29 is 19.1 Å². The van der Waals surface area contributed by atoms with Crippen LogP contribution in [0.4, 0.5) is 0 Å². The zero-order valence-corrected chi connectivity index (χ0v) is 8.83. The van der Waals surface area contributed by atoms with Crippen LogP contribution in [0.3, 0.4) is 0 Å². The molecule has 0 saturated carbocycles. The van der Waals surface area contributed by atoms with E-state index in [9.17, 15) is 9.59 Å². The minimum atomic E-state index is -1.23. The Morgan fingerprint density at radius 3 is 2.43 bits per heavy atom. The van der Waals surface area contributed by atoms with Crippen LogP contribution in [-0.4, -0.2) is 24.1 Å². The van der Waals surface area contributed by atoms with E-state index in [2.05, 4.69) is 6.58 Å². The molecular formula is C10H16O4. The topological polar surface area (TPSA) is 52.6 Å². The van der Waals surface area contributed by atoms with Gasteiger partial charge in [-0.3, -0.25) is 4.79 Å². The normalized spacial score (nSPS) is 10.5. The molecule has 0 aliphatic heterocycles. The van der Waals surface area contributed by atoms with E-state index in [0.29, 0.717) is 0 Å². The van der Waals surface area contributed by atoms with E-state index >= 15 is 0 Å². The van der Waals surface area contributed by atoms with Crippen molar-refractivity contribution in [3.05, 3.63) is 12.7 Å². The molecule has 0 spiro atoms. The van der Waals surface area contributed by atoms with Crippen LogP contribution in [0.15, 0.2) is 12.7 Å². The molecule has 0 atom stereocenters. The molecule has 0 heterocycles. The van der Waals surface area contributed by atoms with Crippen molar-refractivity contribution in [3.63, 3.8) is 0 Å². The standard InChI is InChI=1S/C10H16O4/c1-5-7-13-9(12)10(3,4)14-8(11)6-2/h5H,1,6-7H2,2-4H3. The lowest BCUT2D eigenvalue weighted by Gasteiger charge is -2.22. The molecule has 0 rings (SSSR count). The smallest absolute Gasteiger partial charge is 0.350 e. The molecule has 0 aromatic heterocycles. The highest BCUT2D eigenvalue weighted by atomic mass is 16.6. The summed E-state index contributed by atoms with van der Waals surface area (Å²) in [5.74, 6) is -0.996. The van der Waals surface area contributed by atoms with Gasteiger partial charge in [0.15, 0.2) is 0 Å². The van der Waals surface area contributed by atoms with E-state index in [0.717, 1.165) is 0 Å². The first-order chi connectivity index (χ1) is 6.44. The Morgan fingerprint density at radius 2 is 2.00 bits per heavy atom. The number of carbonyl (C=O) groups is 2. The van der Waals surface area contributed by atoms with Crippen molar-refractivity contribution in [3.8, 4) is 0 Å². The molecule has 0 N–H and O–H groups in total. The lowest BCUT2D eigenvalue weighted by Crippen LogP contribution is -2.38. The molecule has 80 valence electrons. The number of hydrogen-bond acceptors (Lipinski definition) is 4. The van der Waals surface area contributed by atoms with E-state index in [-0.39, 0.29) is 13.0 Å². The second-order valence-electron chi connectivity index (χ2n) is 3.23. The highest BCUT2D eigenvalue weighted by molar-refractivity contribution is 5.82. The van der Waals surface area contributed by atoms with Crippen molar-refractivity contribution in [2.24, 2.45) is 0 Å². The predicted octanol–water partition coefficient (Wildman–Crippen LogP) is 1.45. The van der Waals surface area contributed by atoms with E-state index in [1.807, 2.05) is 0 Å². The minimum absolute atomic E-state index is 0.117. The first-order valence-electron chi connectivity index (χ1n) is 4.44. The van der Waals surface area contributed by atoms with Crippen LogP contribution < -0.4 is 0 Å². The van der Waals surface area contributed by atoms with Crippen molar-refractivity contribution in [2.45, 2.75) is 32.8 Å². The zero-order valence-electron chi connectivity index (χ0n) is 8.83. The van der Waals surface area contributed by atoms with Gasteiger partial charge < -0.3 is 9.47 Å². The highest BCUT2D eigenvalue weighted by Crippen LogP contribution is 2.12. The van der Waals surface area contributed by atoms with Gasteiger partial charge in [0, 0.05) is 6.42 Å². The Bertz CT molecular complexity index is 230. The van der Waals surface area contributed by atoms with E-state index < -0.39 is 17.5 Å². The molecule has 0 aromatic carbocycles. The third kappa shape index (κ3) is 4.07. The van der Waals surface area contributed by atoms with Crippen LogP contribution in [0.5, 0.6) is 0 Å². The van der Waals surface area contributed by atoms with Gasteiger partial charge in [-0.2, -0.15) is 0 Å².